The van der Waals surface area contributed by atoms with Gasteiger partial charge in [0.2, 0.25) is 15.9 Å². The predicted molar refractivity (Wildman–Crippen MR) is 136 cm³/mol. The minimum Gasteiger partial charge on any atom is -0.324 e. The number of amides is 2. The molecule has 0 saturated carbocycles. The molecule has 0 radical (unpaired) electrons. The molecule has 0 aliphatic carbocycles. The zero-order valence-corrected chi connectivity index (χ0v) is 21.6. The minimum atomic E-state index is -3.77. The highest BCUT2D eigenvalue weighted by molar-refractivity contribution is 7.89. The number of carbonyl (C=O) groups excluding carboxylic acids is 2. The van der Waals surface area contributed by atoms with E-state index in [1.165, 1.54) is 10.4 Å². The summed E-state index contributed by atoms with van der Waals surface area (Å²) in [5.74, 6) is -0.841. The van der Waals surface area contributed by atoms with Crippen molar-refractivity contribution in [3.63, 3.8) is 0 Å². The average molecular weight is 539 g/mol. The molecule has 2 heterocycles. The maximum absolute atomic E-state index is 13.6. The third kappa shape index (κ3) is 5.81. The highest BCUT2D eigenvalue weighted by atomic mass is 35.5. The fourth-order valence-electron chi connectivity index (χ4n) is 4.41. The molecule has 188 valence electrons. The Morgan fingerprint density at radius 3 is 2.66 bits per heavy atom. The molecule has 11 heteroatoms. The Balaban J connectivity index is 1.47. The summed E-state index contributed by atoms with van der Waals surface area (Å²) in [5, 5.41) is 2.31. The summed E-state index contributed by atoms with van der Waals surface area (Å²) >= 11 is 12.0. The number of anilines is 1. The van der Waals surface area contributed by atoms with Crippen molar-refractivity contribution in [2.45, 2.75) is 41.3 Å². The summed E-state index contributed by atoms with van der Waals surface area (Å²) in [6.45, 7) is 2.56. The van der Waals surface area contributed by atoms with Gasteiger partial charge in [-0.05, 0) is 48.9 Å². The van der Waals surface area contributed by atoms with E-state index in [-0.39, 0.29) is 23.9 Å². The van der Waals surface area contributed by atoms with E-state index >= 15 is 0 Å². The Morgan fingerprint density at radius 2 is 1.91 bits per heavy atom. The van der Waals surface area contributed by atoms with Crippen molar-refractivity contribution in [3.8, 4) is 0 Å². The van der Waals surface area contributed by atoms with Gasteiger partial charge in [0.05, 0.1) is 10.3 Å². The summed E-state index contributed by atoms with van der Waals surface area (Å²) in [6, 6.07) is 14.7. The Labute approximate surface area is 215 Å². The van der Waals surface area contributed by atoms with E-state index in [4.69, 9.17) is 23.2 Å². The summed E-state index contributed by atoms with van der Waals surface area (Å²) in [4.78, 5) is 25.0. The van der Waals surface area contributed by atoms with E-state index in [1.807, 2.05) is 30.3 Å². The van der Waals surface area contributed by atoms with E-state index in [0.29, 0.717) is 24.3 Å². The van der Waals surface area contributed by atoms with Gasteiger partial charge in [-0.1, -0.05) is 36.4 Å². The van der Waals surface area contributed by atoms with Crippen LogP contribution in [0.1, 0.15) is 29.9 Å². The number of aryl methyl sites for hydroxylation is 1. The first-order chi connectivity index (χ1) is 16.7. The van der Waals surface area contributed by atoms with E-state index < -0.39 is 32.6 Å². The molecule has 2 aromatic rings. The molecule has 0 spiro atoms. The maximum atomic E-state index is 13.6. The van der Waals surface area contributed by atoms with Gasteiger partial charge < -0.3 is 5.32 Å². The van der Waals surface area contributed by atoms with Crippen LogP contribution in [-0.4, -0.2) is 66.5 Å². The first-order valence-electron chi connectivity index (χ1n) is 11.5. The third-order valence-corrected chi connectivity index (χ3v) is 9.38. The SMILES string of the molecule is Cc1ccc(NC(=O)CN2NCC(Cl)C(Cl)C2=O)cc1S(=O)(=O)N1CCCC(c2ccccc2)C1. The molecule has 2 N–H and O–H groups in total. The number of nitrogens with one attached hydrogen (secondary N) is 2. The van der Waals surface area contributed by atoms with Crippen molar-refractivity contribution in [3.05, 3.63) is 59.7 Å². The number of nitrogens with zero attached hydrogens (tertiary/aromatic N) is 2. The van der Waals surface area contributed by atoms with Crippen LogP contribution in [0.25, 0.3) is 0 Å². The van der Waals surface area contributed by atoms with Crippen LogP contribution < -0.4 is 10.7 Å². The molecule has 2 fully saturated rings. The lowest BCUT2D eigenvalue weighted by molar-refractivity contribution is -0.139. The number of sulfonamides is 1. The molecule has 2 aromatic carbocycles. The van der Waals surface area contributed by atoms with Crippen molar-refractivity contribution in [2.75, 3.05) is 31.5 Å². The number of hydrogen-bond acceptors (Lipinski definition) is 5. The summed E-state index contributed by atoms with van der Waals surface area (Å²) in [7, 11) is -3.77. The van der Waals surface area contributed by atoms with E-state index in [2.05, 4.69) is 10.7 Å². The van der Waals surface area contributed by atoms with Gasteiger partial charge >= 0.3 is 0 Å². The number of carbonyl (C=O) groups is 2. The van der Waals surface area contributed by atoms with Crippen LogP contribution in [0, 0.1) is 6.92 Å². The van der Waals surface area contributed by atoms with Gasteiger partial charge in [-0.2, -0.15) is 4.31 Å². The molecular weight excluding hydrogens is 511 g/mol. The topological polar surface area (TPSA) is 98.8 Å². The van der Waals surface area contributed by atoms with Gasteiger partial charge in [0.1, 0.15) is 11.9 Å². The van der Waals surface area contributed by atoms with Gasteiger partial charge in [0.25, 0.3) is 5.91 Å². The van der Waals surface area contributed by atoms with E-state index in [1.54, 1.807) is 19.1 Å². The Kier molecular flexibility index (Phi) is 8.02. The second kappa shape index (κ2) is 10.8. The molecule has 3 unspecified atom stereocenters. The zero-order chi connectivity index (χ0) is 25.2. The zero-order valence-electron chi connectivity index (χ0n) is 19.3. The lowest BCUT2D eigenvalue weighted by Crippen LogP contribution is -2.58. The van der Waals surface area contributed by atoms with Gasteiger partial charge in [0.15, 0.2) is 0 Å². The highest BCUT2D eigenvalue weighted by Gasteiger charge is 2.35. The van der Waals surface area contributed by atoms with Crippen LogP contribution in [0.2, 0.25) is 0 Å². The fourth-order valence-corrected chi connectivity index (χ4v) is 6.57. The first-order valence-corrected chi connectivity index (χ1v) is 13.8. The normalized spacial score (nSPS) is 23.8. The van der Waals surface area contributed by atoms with Gasteiger partial charge in [-0.3, -0.25) is 14.6 Å². The number of hydrazine groups is 1. The molecule has 2 amide bonds. The largest absolute Gasteiger partial charge is 0.324 e. The van der Waals surface area contributed by atoms with Gasteiger partial charge in [-0.15, -0.1) is 23.2 Å². The molecule has 2 aliphatic heterocycles. The molecule has 0 aromatic heterocycles. The minimum absolute atomic E-state index is 0.135. The van der Waals surface area contributed by atoms with Crippen LogP contribution in [0.3, 0.4) is 0 Å². The average Bonchev–Trinajstić information content (AvgIpc) is 2.86. The van der Waals surface area contributed by atoms with Crippen molar-refractivity contribution >= 4 is 50.7 Å². The lowest BCUT2D eigenvalue weighted by atomic mass is 9.92. The fraction of sp³-hybridized carbons (Fsp3) is 0.417. The van der Waals surface area contributed by atoms with Crippen LogP contribution in [-0.2, 0) is 19.6 Å². The van der Waals surface area contributed by atoms with Crippen molar-refractivity contribution in [2.24, 2.45) is 0 Å². The lowest BCUT2D eigenvalue weighted by Gasteiger charge is -2.33. The summed E-state index contributed by atoms with van der Waals surface area (Å²) in [6.07, 6.45) is 1.71. The predicted octanol–water partition coefficient (Wildman–Crippen LogP) is 3.06. The van der Waals surface area contributed by atoms with Crippen LogP contribution >= 0.6 is 23.2 Å². The van der Waals surface area contributed by atoms with Crippen molar-refractivity contribution in [1.82, 2.24) is 14.7 Å². The van der Waals surface area contributed by atoms with Crippen LogP contribution in [0.5, 0.6) is 0 Å². The van der Waals surface area contributed by atoms with Gasteiger partial charge in [-0.25, -0.2) is 13.8 Å². The molecular formula is C24H28Cl2N4O4S. The van der Waals surface area contributed by atoms with E-state index in [9.17, 15) is 18.0 Å². The maximum Gasteiger partial charge on any atom is 0.256 e. The van der Waals surface area contributed by atoms with Crippen LogP contribution in [0.4, 0.5) is 5.69 Å². The van der Waals surface area contributed by atoms with Gasteiger partial charge in [0, 0.05) is 25.3 Å². The van der Waals surface area contributed by atoms with Crippen LogP contribution in [0.15, 0.2) is 53.4 Å². The van der Waals surface area contributed by atoms with Crippen molar-refractivity contribution < 1.29 is 18.0 Å². The summed E-state index contributed by atoms with van der Waals surface area (Å²) in [5.41, 5.74) is 4.83. The quantitative estimate of drug-likeness (QED) is 0.550. The molecule has 35 heavy (non-hydrogen) atoms. The molecule has 3 atom stereocenters. The number of alkyl halides is 2. The highest BCUT2D eigenvalue weighted by Crippen LogP contribution is 2.32. The number of benzene rings is 2. The second-order valence-corrected chi connectivity index (χ2v) is 11.8. The smallest absolute Gasteiger partial charge is 0.256 e. The second-order valence-electron chi connectivity index (χ2n) is 8.85. The number of halogens is 2. The number of hydrogen-bond donors (Lipinski definition) is 2. The van der Waals surface area contributed by atoms with Crippen molar-refractivity contribution in [1.29, 1.82) is 0 Å². The van der Waals surface area contributed by atoms with E-state index in [0.717, 1.165) is 23.4 Å². The number of piperidine rings is 1. The molecule has 2 aliphatic rings. The number of rotatable bonds is 6. The standard InChI is InChI=1S/C24H28Cl2N4O4S/c1-16-9-10-19(28-22(31)15-30-24(32)23(26)20(25)13-27-30)12-21(16)35(33,34)29-11-5-8-18(14-29)17-6-3-2-4-7-17/h2-4,6-7,9-10,12,18,20,23,27H,5,8,11,13-15H2,1H3,(H,28,31). The first kappa shape index (κ1) is 25.9. The Hall–Kier alpha value is -2.17. The molecule has 2 saturated heterocycles. The molecule has 0 bridgehead atoms. The Morgan fingerprint density at radius 1 is 1.17 bits per heavy atom. The summed E-state index contributed by atoms with van der Waals surface area (Å²) < 4.78 is 28.7. The monoisotopic (exact) mass is 538 g/mol. The third-order valence-electron chi connectivity index (χ3n) is 6.34. The molecule has 8 nitrogen and oxygen atoms in total. The molecule has 4 rings (SSSR count). The Bertz CT molecular complexity index is 1200.